The topological polar surface area (TPSA) is 43.7 Å². The van der Waals surface area contributed by atoms with Gasteiger partial charge in [-0.1, -0.05) is 32.1 Å². The maximum absolute atomic E-state index is 10.7. The molecule has 3 nitrogen and oxygen atoms in total. The largest absolute Gasteiger partial charge is 0.390 e. The number of hydrogen-bond donors (Lipinski definition) is 2. The van der Waals surface area contributed by atoms with Gasteiger partial charge in [-0.05, 0) is 32.1 Å². The summed E-state index contributed by atoms with van der Waals surface area (Å²) in [6.07, 6.45) is 11.1. The van der Waals surface area contributed by atoms with Crippen molar-refractivity contribution in [2.45, 2.75) is 75.4 Å². The minimum absolute atomic E-state index is 0.385. The van der Waals surface area contributed by atoms with Gasteiger partial charge in [0.1, 0.15) is 0 Å². The second-order valence-electron chi connectivity index (χ2n) is 7.32. The Labute approximate surface area is 117 Å². The fourth-order valence-electron chi connectivity index (χ4n) is 4.57. The molecular formula is C16H29NO2. The van der Waals surface area contributed by atoms with E-state index in [1.165, 1.54) is 38.5 Å². The van der Waals surface area contributed by atoms with Gasteiger partial charge in [0.25, 0.3) is 0 Å². The first-order valence-corrected chi connectivity index (χ1v) is 8.27. The summed E-state index contributed by atoms with van der Waals surface area (Å²) in [4.78, 5) is 2.43. The van der Waals surface area contributed by atoms with Gasteiger partial charge in [0.2, 0.25) is 0 Å². The third-order valence-electron chi connectivity index (χ3n) is 5.81. The average Bonchev–Trinajstić information content (AvgIpc) is 2.39. The summed E-state index contributed by atoms with van der Waals surface area (Å²) in [7, 11) is 0. The van der Waals surface area contributed by atoms with Gasteiger partial charge in [0.05, 0.1) is 11.2 Å². The normalized spacial score (nSPS) is 39.8. The van der Waals surface area contributed by atoms with Crippen LogP contribution in [0.3, 0.4) is 0 Å². The molecule has 0 spiro atoms. The lowest BCUT2D eigenvalue weighted by Crippen LogP contribution is -2.56. The van der Waals surface area contributed by atoms with E-state index < -0.39 is 5.60 Å². The fourth-order valence-corrected chi connectivity index (χ4v) is 4.57. The summed E-state index contributed by atoms with van der Waals surface area (Å²) in [6, 6.07) is 0. The Kier molecular flexibility index (Phi) is 3.89. The number of hydrogen-bond acceptors (Lipinski definition) is 3. The first kappa shape index (κ1) is 13.8. The number of β-amino-alcohol motifs (C(OH)–C–C–N with tert-alkyl or cyclic N) is 1. The van der Waals surface area contributed by atoms with Gasteiger partial charge in [-0.15, -0.1) is 0 Å². The van der Waals surface area contributed by atoms with Gasteiger partial charge < -0.3 is 10.2 Å². The van der Waals surface area contributed by atoms with Crippen molar-refractivity contribution in [2.24, 2.45) is 5.92 Å². The van der Waals surface area contributed by atoms with E-state index in [2.05, 4.69) is 4.90 Å². The molecule has 2 aliphatic carbocycles. The van der Waals surface area contributed by atoms with Crippen molar-refractivity contribution in [3.05, 3.63) is 0 Å². The van der Waals surface area contributed by atoms with Crippen LogP contribution in [-0.4, -0.2) is 45.9 Å². The zero-order valence-corrected chi connectivity index (χ0v) is 12.1. The van der Waals surface area contributed by atoms with E-state index in [1.807, 2.05) is 0 Å². The number of aliphatic hydroxyl groups is 2. The highest BCUT2D eigenvalue weighted by Gasteiger charge is 2.44. The predicted octanol–water partition coefficient (Wildman–Crippen LogP) is 2.31. The summed E-state index contributed by atoms with van der Waals surface area (Å²) in [5.74, 6) is 0.446. The number of nitrogens with zero attached hydrogens (tertiary/aromatic N) is 1. The number of fused-ring (bicyclic) bond motifs is 1. The molecule has 0 amide bonds. The van der Waals surface area contributed by atoms with Crippen LogP contribution in [0.25, 0.3) is 0 Å². The minimum Gasteiger partial charge on any atom is -0.390 e. The molecular weight excluding hydrogens is 238 g/mol. The molecule has 2 atom stereocenters. The predicted molar refractivity (Wildman–Crippen MR) is 76.0 cm³/mol. The van der Waals surface area contributed by atoms with Gasteiger partial charge in [-0.2, -0.15) is 0 Å². The fraction of sp³-hybridized carbons (Fsp3) is 1.00. The highest BCUT2D eigenvalue weighted by molar-refractivity contribution is 4.97. The number of likely N-dealkylation sites (tertiary alicyclic amines) is 1. The highest BCUT2D eigenvalue weighted by atomic mass is 16.3. The Hall–Kier alpha value is -0.120. The molecule has 1 aliphatic heterocycles. The van der Waals surface area contributed by atoms with Crippen molar-refractivity contribution in [1.82, 2.24) is 4.90 Å². The van der Waals surface area contributed by atoms with Crippen LogP contribution in [0.15, 0.2) is 0 Å². The SMILES string of the molecule is OC1(CN2CCC3(O)CCCCC3C2)CCCCC1. The molecule has 2 saturated carbocycles. The van der Waals surface area contributed by atoms with Crippen molar-refractivity contribution in [1.29, 1.82) is 0 Å². The van der Waals surface area contributed by atoms with Crippen molar-refractivity contribution in [2.75, 3.05) is 19.6 Å². The van der Waals surface area contributed by atoms with E-state index in [9.17, 15) is 10.2 Å². The minimum atomic E-state index is -0.442. The molecule has 3 heteroatoms. The zero-order chi connectivity index (χ0) is 13.3. The monoisotopic (exact) mass is 267 g/mol. The van der Waals surface area contributed by atoms with E-state index in [-0.39, 0.29) is 5.60 Å². The molecule has 3 aliphatic rings. The molecule has 3 fully saturated rings. The highest BCUT2D eigenvalue weighted by Crippen LogP contribution is 2.40. The molecule has 3 rings (SSSR count). The summed E-state index contributed by atoms with van der Waals surface area (Å²) < 4.78 is 0. The van der Waals surface area contributed by atoms with Crippen LogP contribution >= 0.6 is 0 Å². The lowest BCUT2D eigenvalue weighted by molar-refractivity contribution is -0.112. The van der Waals surface area contributed by atoms with E-state index in [0.29, 0.717) is 5.92 Å². The molecule has 2 unspecified atom stereocenters. The van der Waals surface area contributed by atoms with E-state index in [1.54, 1.807) is 0 Å². The van der Waals surface area contributed by atoms with Crippen molar-refractivity contribution >= 4 is 0 Å². The van der Waals surface area contributed by atoms with Gasteiger partial charge in [-0.25, -0.2) is 0 Å². The van der Waals surface area contributed by atoms with Crippen molar-refractivity contribution in [3.63, 3.8) is 0 Å². The molecule has 0 aromatic heterocycles. The Morgan fingerprint density at radius 1 is 0.895 bits per heavy atom. The van der Waals surface area contributed by atoms with Crippen LogP contribution in [-0.2, 0) is 0 Å². The molecule has 1 saturated heterocycles. The van der Waals surface area contributed by atoms with E-state index in [4.69, 9.17) is 0 Å². The standard InChI is InChI=1S/C16H29NO2/c18-15(7-3-1-4-8-15)13-17-11-10-16(19)9-5-2-6-14(16)12-17/h14,18-19H,1-13H2. The van der Waals surface area contributed by atoms with Crippen LogP contribution in [0.2, 0.25) is 0 Å². The Bertz CT molecular complexity index is 314. The third-order valence-corrected chi connectivity index (χ3v) is 5.81. The van der Waals surface area contributed by atoms with Gasteiger partial charge in [-0.3, -0.25) is 4.90 Å². The molecule has 2 N–H and O–H groups in total. The summed E-state index contributed by atoms with van der Waals surface area (Å²) in [6.45, 7) is 2.80. The van der Waals surface area contributed by atoms with Crippen molar-refractivity contribution < 1.29 is 10.2 Å². The maximum atomic E-state index is 10.7. The van der Waals surface area contributed by atoms with Crippen LogP contribution in [0, 0.1) is 5.92 Å². The van der Waals surface area contributed by atoms with Gasteiger partial charge >= 0.3 is 0 Å². The van der Waals surface area contributed by atoms with Crippen molar-refractivity contribution in [3.8, 4) is 0 Å². The first-order valence-electron chi connectivity index (χ1n) is 8.27. The third kappa shape index (κ3) is 2.98. The molecule has 1 heterocycles. The van der Waals surface area contributed by atoms with Crippen LogP contribution in [0.4, 0.5) is 0 Å². The number of piperidine rings is 1. The Balaban J connectivity index is 1.58. The summed E-state index contributed by atoms with van der Waals surface area (Å²) >= 11 is 0. The summed E-state index contributed by atoms with van der Waals surface area (Å²) in [5, 5.41) is 21.4. The average molecular weight is 267 g/mol. The quantitative estimate of drug-likeness (QED) is 0.807. The maximum Gasteiger partial charge on any atom is 0.0774 e. The van der Waals surface area contributed by atoms with Crippen LogP contribution in [0.5, 0.6) is 0 Å². The zero-order valence-electron chi connectivity index (χ0n) is 12.1. The van der Waals surface area contributed by atoms with Gasteiger partial charge in [0, 0.05) is 25.6 Å². The van der Waals surface area contributed by atoms with Crippen LogP contribution < -0.4 is 0 Å². The Morgan fingerprint density at radius 3 is 2.42 bits per heavy atom. The smallest absolute Gasteiger partial charge is 0.0774 e. The van der Waals surface area contributed by atoms with E-state index >= 15 is 0 Å². The van der Waals surface area contributed by atoms with E-state index in [0.717, 1.165) is 45.3 Å². The molecule has 0 bridgehead atoms. The van der Waals surface area contributed by atoms with Crippen LogP contribution in [0.1, 0.15) is 64.2 Å². The lowest BCUT2D eigenvalue weighted by atomic mass is 9.71. The first-order chi connectivity index (χ1) is 9.10. The molecule has 19 heavy (non-hydrogen) atoms. The molecule has 0 aromatic rings. The second-order valence-corrected chi connectivity index (χ2v) is 7.32. The van der Waals surface area contributed by atoms with Gasteiger partial charge in [0.15, 0.2) is 0 Å². The second kappa shape index (κ2) is 5.34. The lowest BCUT2D eigenvalue weighted by Gasteiger charge is -2.49. The molecule has 110 valence electrons. The molecule has 0 radical (unpaired) electrons. The summed E-state index contributed by atoms with van der Waals surface area (Å²) in [5.41, 5.74) is -0.827. The molecule has 0 aromatic carbocycles. The Morgan fingerprint density at radius 2 is 1.63 bits per heavy atom. The number of rotatable bonds is 2.